The molecule has 98 valence electrons. The first-order valence-corrected chi connectivity index (χ1v) is 5.46. The summed E-state index contributed by atoms with van der Waals surface area (Å²) in [5.74, 6) is 0. The van der Waals surface area contributed by atoms with Crippen molar-refractivity contribution in [2.45, 2.75) is 25.1 Å². The van der Waals surface area contributed by atoms with E-state index in [1.54, 1.807) is 6.92 Å². The highest BCUT2D eigenvalue weighted by molar-refractivity contribution is 5.68. The van der Waals surface area contributed by atoms with Crippen LogP contribution >= 0.6 is 0 Å². The van der Waals surface area contributed by atoms with Gasteiger partial charge in [0.1, 0.15) is 5.60 Å². The normalized spacial score (nSPS) is 24.3. The van der Waals surface area contributed by atoms with Gasteiger partial charge in [0, 0.05) is 13.0 Å². The van der Waals surface area contributed by atoms with Gasteiger partial charge in [0.2, 0.25) is 0 Å². The summed E-state index contributed by atoms with van der Waals surface area (Å²) in [5.41, 5.74) is -1.40. The molecule has 0 radical (unpaired) electrons. The fourth-order valence-electron chi connectivity index (χ4n) is 1.92. The van der Waals surface area contributed by atoms with E-state index in [-0.39, 0.29) is 0 Å². The number of hydrogen-bond donors (Lipinski definition) is 1. The summed E-state index contributed by atoms with van der Waals surface area (Å²) in [5, 5.41) is 2.47. The number of ether oxygens (including phenoxy) is 1. The molecule has 0 bridgehead atoms. The third-order valence-corrected chi connectivity index (χ3v) is 2.99. The van der Waals surface area contributed by atoms with Gasteiger partial charge < -0.3 is 10.1 Å². The predicted octanol–water partition coefficient (Wildman–Crippen LogP) is 3.05. The van der Waals surface area contributed by atoms with Crippen LogP contribution in [-0.4, -0.2) is 12.6 Å². The van der Waals surface area contributed by atoms with Crippen molar-refractivity contribution >= 4 is 6.09 Å². The molecule has 1 aromatic carbocycles. The third kappa shape index (κ3) is 2.42. The molecule has 1 aromatic rings. The summed E-state index contributed by atoms with van der Waals surface area (Å²) >= 11 is 0. The van der Waals surface area contributed by atoms with Crippen molar-refractivity contribution in [3.63, 3.8) is 0 Å². The maximum atomic E-state index is 12.6. The highest BCUT2D eigenvalue weighted by Crippen LogP contribution is 2.35. The van der Waals surface area contributed by atoms with E-state index in [0.29, 0.717) is 18.5 Å². The predicted molar refractivity (Wildman–Crippen MR) is 57.9 cm³/mol. The van der Waals surface area contributed by atoms with Gasteiger partial charge in [-0.2, -0.15) is 13.2 Å². The SMILES string of the molecule is CC1(c2cccc(C(F)(F)F)c2)CCNC(=O)O1. The Morgan fingerprint density at radius 2 is 2.11 bits per heavy atom. The van der Waals surface area contributed by atoms with E-state index in [1.807, 2.05) is 0 Å². The minimum atomic E-state index is -4.40. The Balaban J connectivity index is 2.36. The molecule has 1 saturated heterocycles. The van der Waals surface area contributed by atoms with Crippen LogP contribution in [0, 0.1) is 0 Å². The number of carbonyl (C=O) groups excluding carboxylic acids is 1. The largest absolute Gasteiger partial charge is 0.438 e. The van der Waals surface area contributed by atoms with Gasteiger partial charge in [0.05, 0.1) is 5.56 Å². The molecule has 3 nitrogen and oxygen atoms in total. The average Bonchev–Trinajstić information content (AvgIpc) is 2.28. The van der Waals surface area contributed by atoms with Crippen LogP contribution < -0.4 is 5.32 Å². The molecule has 2 rings (SSSR count). The first kappa shape index (κ1) is 12.7. The van der Waals surface area contributed by atoms with Crippen LogP contribution in [0.4, 0.5) is 18.0 Å². The molecule has 1 fully saturated rings. The summed E-state index contributed by atoms with van der Waals surface area (Å²) in [4.78, 5) is 11.2. The summed E-state index contributed by atoms with van der Waals surface area (Å²) < 4.78 is 43.0. The number of alkyl carbamates (subject to hydrolysis) is 1. The van der Waals surface area contributed by atoms with Gasteiger partial charge in [-0.25, -0.2) is 4.79 Å². The van der Waals surface area contributed by atoms with E-state index in [9.17, 15) is 18.0 Å². The molecule has 1 unspecified atom stereocenters. The number of halogens is 3. The standard InChI is InChI=1S/C12H12F3NO2/c1-11(5-6-16-10(17)18-11)8-3-2-4-9(7-8)12(13,14)15/h2-4,7H,5-6H2,1H3,(H,16,17). The molecule has 1 aliphatic heterocycles. The van der Waals surface area contributed by atoms with E-state index in [0.717, 1.165) is 12.1 Å². The van der Waals surface area contributed by atoms with Crippen molar-refractivity contribution in [2.24, 2.45) is 0 Å². The van der Waals surface area contributed by atoms with E-state index in [2.05, 4.69) is 5.32 Å². The Morgan fingerprint density at radius 3 is 2.72 bits per heavy atom. The Labute approximate surface area is 102 Å². The van der Waals surface area contributed by atoms with Crippen LogP contribution in [0.1, 0.15) is 24.5 Å². The maximum Gasteiger partial charge on any atom is 0.416 e. The topological polar surface area (TPSA) is 38.3 Å². The fraction of sp³-hybridized carbons (Fsp3) is 0.417. The number of carbonyl (C=O) groups is 1. The lowest BCUT2D eigenvalue weighted by molar-refractivity contribution is -0.137. The molecule has 6 heteroatoms. The molecule has 1 N–H and O–H groups in total. The van der Waals surface area contributed by atoms with Crippen molar-refractivity contribution in [1.82, 2.24) is 5.32 Å². The summed E-state index contributed by atoms with van der Waals surface area (Å²) in [7, 11) is 0. The molecule has 1 heterocycles. The van der Waals surface area contributed by atoms with Crippen molar-refractivity contribution in [3.8, 4) is 0 Å². The van der Waals surface area contributed by atoms with Gasteiger partial charge in [-0.3, -0.25) is 0 Å². The maximum absolute atomic E-state index is 12.6. The van der Waals surface area contributed by atoms with Crippen LogP contribution in [0.5, 0.6) is 0 Å². The van der Waals surface area contributed by atoms with Crippen molar-refractivity contribution < 1.29 is 22.7 Å². The lowest BCUT2D eigenvalue weighted by atomic mass is 9.90. The van der Waals surface area contributed by atoms with Crippen molar-refractivity contribution in [1.29, 1.82) is 0 Å². The molecule has 1 amide bonds. The number of rotatable bonds is 1. The minimum absolute atomic E-state index is 0.354. The number of cyclic esters (lactones) is 1. The molecule has 1 aliphatic rings. The number of benzene rings is 1. The van der Waals surface area contributed by atoms with Gasteiger partial charge >= 0.3 is 12.3 Å². The van der Waals surface area contributed by atoms with Gasteiger partial charge in [0.15, 0.2) is 0 Å². The highest BCUT2D eigenvalue weighted by Gasteiger charge is 2.37. The summed E-state index contributed by atoms with van der Waals surface area (Å²) in [6, 6.07) is 4.88. The third-order valence-electron chi connectivity index (χ3n) is 2.99. The van der Waals surface area contributed by atoms with Gasteiger partial charge in [-0.15, -0.1) is 0 Å². The Hall–Kier alpha value is -1.72. The molecule has 0 saturated carbocycles. The monoisotopic (exact) mass is 259 g/mol. The number of alkyl halides is 3. The van der Waals surface area contributed by atoms with Crippen LogP contribution in [-0.2, 0) is 16.5 Å². The van der Waals surface area contributed by atoms with Gasteiger partial charge in [0.25, 0.3) is 0 Å². The van der Waals surface area contributed by atoms with E-state index in [4.69, 9.17) is 4.74 Å². The smallest absolute Gasteiger partial charge is 0.416 e. The Morgan fingerprint density at radius 1 is 1.39 bits per heavy atom. The second kappa shape index (κ2) is 4.19. The second-order valence-electron chi connectivity index (χ2n) is 4.38. The van der Waals surface area contributed by atoms with E-state index >= 15 is 0 Å². The molecular formula is C12H12F3NO2. The zero-order chi connectivity index (χ0) is 13.4. The molecule has 0 aromatic heterocycles. The number of amides is 1. The van der Waals surface area contributed by atoms with Crippen molar-refractivity contribution in [3.05, 3.63) is 35.4 Å². The first-order valence-electron chi connectivity index (χ1n) is 5.46. The van der Waals surface area contributed by atoms with E-state index < -0.39 is 23.4 Å². The average molecular weight is 259 g/mol. The first-order chi connectivity index (χ1) is 8.31. The molecule has 0 spiro atoms. The lowest BCUT2D eigenvalue weighted by Gasteiger charge is -2.34. The molecule has 0 aliphatic carbocycles. The quantitative estimate of drug-likeness (QED) is 0.841. The number of hydrogen-bond acceptors (Lipinski definition) is 2. The van der Waals surface area contributed by atoms with Crippen LogP contribution in [0.15, 0.2) is 24.3 Å². The van der Waals surface area contributed by atoms with Gasteiger partial charge in [-0.05, 0) is 24.6 Å². The van der Waals surface area contributed by atoms with Crippen molar-refractivity contribution in [2.75, 3.05) is 6.54 Å². The Bertz CT molecular complexity index is 473. The zero-order valence-electron chi connectivity index (χ0n) is 9.67. The Kier molecular flexibility index (Phi) is 2.96. The fourth-order valence-corrected chi connectivity index (χ4v) is 1.92. The van der Waals surface area contributed by atoms with Crippen LogP contribution in [0.25, 0.3) is 0 Å². The van der Waals surface area contributed by atoms with Gasteiger partial charge in [-0.1, -0.05) is 12.1 Å². The second-order valence-corrected chi connectivity index (χ2v) is 4.38. The van der Waals surface area contributed by atoms with Crippen LogP contribution in [0.3, 0.4) is 0 Å². The summed E-state index contributed by atoms with van der Waals surface area (Å²) in [6.45, 7) is 1.99. The van der Waals surface area contributed by atoms with Crippen LogP contribution in [0.2, 0.25) is 0 Å². The highest BCUT2D eigenvalue weighted by atomic mass is 19.4. The molecule has 1 atom stereocenters. The minimum Gasteiger partial charge on any atom is -0.438 e. The molecule has 18 heavy (non-hydrogen) atoms. The zero-order valence-corrected chi connectivity index (χ0v) is 9.67. The molecular weight excluding hydrogens is 247 g/mol. The van der Waals surface area contributed by atoms with E-state index in [1.165, 1.54) is 12.1 Å². The lowest BCUT2D eigenvalue weighted by Crippen LogP contribution is -2.43. The number of nitrogens with one attached hydrogen (secondary N) is 1. The summed E-state index contributed by atoms with van der Waals surface area (Å²) in [6.07, 6.45) is -4.58.